The molecule has 7 nitrogen and oxygen atoms in total. The Kier molecular flexibility index (Phi) is 6.45. The average molecular weight is 339 g/mol. The van der Waals surface area contributed by atoms with Crippen molar-refractivity contribution in [2.24, 2.45) is 5.92 Å². The van der Waals surface area contributed by atoms with Crippen molar-refractivity contribution in [3.05, 3.63) is 0 Å². The number of ether oxygens (including phenoxy) is 1. The fourth-order valence-electron chi connectivity index (χ4n) is 3.30. The van der Waals surface area contributed by atoms with Gasteiger partial charge in [0.05, 0.1) is 12.5 Å². The first-order valence-corrected chi connectivity index (χ1v) is 8.97. The third-order valence-corrected chi connectivity index (χ3v) is 4.96. The Balaban J connectivity index is 1.84. The summed E-state index contributed by atoms with van der Waals surface area (Å²) >= 11 is 0. The first-order chi connectivity index (χ1) is 11.5. The highest BCUT2D eigenvalue weighted by atomic mass is 16.6. The number of nitrogens with zero attached hydrogens (tertiary/aromatic N) is 2. The van der Waals surface area contributed by atoms with E-state index in [1.54, 1.807) is 11.8 Å². The molecule has 136 valence electrons. The number of piperidine rings is 1. The summed E-state index contributed by atoms with van der Waals surface area (Å²) in [5, 5.41) is 2.96. The molecule has 0 aromatic rings. The van der Waals surface area contributed by atoms with Crippen molar-refractivity contribution in [1.29, 1.82) is 0 Å². The number of likely N-dealkylation sites (tertiary alicyclic amines) is 2. The van der Waals surface area contributed by atoms with Crippen molar-refractivity contribution in [2.75, 3.05) is 26.2 Å². The summed E-state index contributed by atoms with van der Waals surface area (Å²) in [7, 11) is 0. The van der Waals surface area contributed by atoms with Crippen molar-refractivity contribution in [3.8, 4) is 0 Å². The van der Waals surface area contributed by atoms with Crippen LogP contribution < -0.4 is 5.32 Å². The zero-order valence-corrected chi connectivity index (χ0v) is 14.9. The van der Waals surface area contributed by atoms with E-state index in [1.807, 2.05) is 18.7 Å². The molecular formula is C17H29N3O4. The van der Waals surface area contributed by atoms with Gasteiger partial charge in [0, 0.05) is 38.1 Å². The molecule has 2 aliphatic rings. The van der Waals surface area contributed by atoms with Crippen LogP contribution in [0.25, 0.3) is 0 Å². The van der Waals surface area contributed by atoms with Gasteiger partial charge in [-0.25, -0.2) is 4.79 Å². The summed E-state index contributed by atoms with van der Waals surface area (Å²) in [6.07, 6.45) is 2.37. The van der Waals surface area contributed by atoms with E-state index in [9.17, 15) is 14.4 Å². The first-order valence-electron chi connectivity index (χ1n) is 8.97. The number of rotatable bonds is 5. The van der Waals surface area contributed by atoms with Gasteiger partial charge in [-0.2, -0.15) is 0 Å². The first kappa shape index (κ1) is 18.5. The molecule has 2 fully saturated rings. The quantitative estimate of drug-likeness (QED) is 0.820. The standard InChI is InChI=1S/C17H29N3O4/c1-4-12(3)18-16(22)13-10-15(21)20(11-13)14-6-8-19(9-7-14)17(23)24-5-2/h12-14H,4-11H2,1-3H3,(H,18,22). The molecule has 0 radical (unpaired) electrons. The van der Waals surface area contributed by atoms with Crippen LogP contribution in [0.5, 0.6) is 0 Å². The number of carbonyl (C=O) groups is 3. The second-order valence-electron chi connectivity index (χ2n) is 6.68. The summed E-state index contributed by atoms with van der Waals surface area (Å²) in [5.41, 5.74) is 0. The topological polar surface area (TPSA) is 79.0 Å². The van der Waals surface area contributed by atoms with Crippen LogP contribution in [0.1, 0.15) is 46.5 Å². The Morgan fingerprint density at radius 2 is 1.96 bits per heavy atom. The molecule has 2 saturated heterocycles. The van der Waals surface area contributed by atoms with E-state index in [4.69, 9.17) is 4.74 Å². The van der Waals surface area contributed by atoms with Gasteiger partial charge in [-0.05, 0) is 33.1 Å². The van der Waals surface area contributed by atoms with Crippen LogP contribution in [-0.2, 0) is 14.3 Å². The number of nitrogens with one attached hydrogen (secondary N) is 1. The van der Waals surface area contributed by atoms with Crippen molar-refractivity contribution in [2.45, 2.75) is 58.5 Å². The number of hydrogen-bond acceptors (Lipinski definition) is 4. The molecule has 3 amide bonds. The molecule has 7 heteroatoms. The summed E-state index contributed by atoms with van der Waals surface area (Å²) < 4.78 is 5.01. The molecule has 0 aromatic carbocycles. The predicted molar refractivity (Wildman–Crippen MR) is 89.3 cm³/mol. The van der Waals surface area contributed by atoms with E-state index >= 15 is 0 Å². The summed E-state index contributed by atoms with van der Waals surface area (Å²) in [6, 6.07) is 0.249. The van der Waals surface area contributed by atoms with Crippen LogP contribution in [0.15, 0.2) is 0 Å². The smallest absolute Gasteiger partial charge is 0.409 e. The molecule has 2 atom stereocenters. The number of amides is 3. The average Bonchev–Trinajstić information content (AvgIpc) is 2.97. The highest BCUT2D eigenvalue weighted by Crippen LogP contribution is 2.26. The van der Waals surface area contributed by atoms with Gasteiger partial charge >= 0.3 is 6.09 Å². The van der Waals surface area contributed by atoms with Gasteiger partial charge < -0.3 is 19.9 Å². The minimum atomic E-state index is -0.283. The molecule has 0 aliphatic carbocycles. The molecule has 2 unspecified atom stereocenters. The highest BCUT2D eigenvalue weighted by Gasteiger charge is 2.39. The normalized spacial score (nSPS) is 23.3. The van der Waals surface area contributed by atoms with Gasteiger partial charge in [0.1, 0.15) is 0 Å². The van der Waals surface area contributed by atoms with Crippen molar-refractivity contribution in [3.63, 3.8) is 0 Å². The lowest BCUT2D eigenvalue weighted by molar-refractivity contribution is -0.131. The molecule has 0 bridgehead atoms. The van der Waals surface area contributed by atoms with Gasteiger partial charge in [0.2, 0.25) is 11.8 Å². The fourth-order valence-corrected chi connectivity index (χ4v) is 3.30. The number of hydrogen-bond donors (Lipinski definition) is 1. The molecule has 0 spiro atoms. The van der Waals surface area contributed by atoms with Crippen molar-refractivity contribution in [1.82, 2.24) is 15.1 Å². The van der Waals surface area contributed by atoms with E-state index in [1.165, 1.54) is 0 Å². The minimum Gasteiger partial charge on any atom is -0.450 e. The van der Waals surface area contributed by atoms with Crippen LogP contribution in [0.2, 0.25) is 0 Å². The van der Waals surface area contributed by atoms with E-state index < -0.39 is 0 Å². The summed E-state index contributed by atoms with van der Waals surface area (Å²) in [6.45, 7) is 7.83. The maximum atomic E-state index is 12.3. The maximum Gasteiger partial charge on any atom is 0.409 e. The van der Waals surface area contributed by atoms with E-state index in [0.29, 0.717) is 32.7 Å². The zero-order chi connectivity index (χ0) is 17.7. The Morgan fingerprint density at radius 3 is 2.54 bits per heavy atom. The van der Waals surface area contributed by atoms with Crippen LogP contribution in [0.3, 0.4) is 0 Å². The molecule has 0 saturated carbocycles. The van der Waals surface area contributed by atoms with Crippen molar-refractivity contribution >= 4 is 17.9 Å². The summed E-state index contributed by atoms with van der Waals surface area (Å²) in [4.78, 5) is 39.8. The Bertz CT molecular complexity index is 474. The summed E-state index contributed by atoms with van der Waals surface area (Å²) in [5.74, 6) is -0.229. The highest BCUT2D eigenvalue weighted by molar-refractivity contribution is 5.89. The Morgan fingerprint density at radius 1 is 1.29 bits per heavy atom. The Hall–Kier alpha value is -1.79. The molecule has 2 rings (SSSR count). The molecule has 2 aliphatic heterocycles. The largest absolute Gasteiger partial charge is 0.450 e. The number of carbonyl (C=O) groups excluding carboxylic acids is 3. The zero-order valence-electron chi connectivity index (χ0n) is 14.9. The molecule has 0 aromatic heterocycles. The second kappa shape index (κ2) is 8.35. The lowest BCUT2D eigenvalue weighted by Gasteiger charge is -2.36. The molecule has 2 heterocycles. The molecule has 24 heavy (non-hydrogen) atoms. The van der Waals surface area contributed by atoms with Gasteiger partial charge in [-0.1, -0.05) is 6.92 Å². The van der Waals surface area contributed by atoms with Crippen LogP contribution >= 0.6 is 0 Å². The molecule has 1 N–H and O–H groups in total. The van der Waals surface area contributed by atoms with E-state index in [-0.39, 0.29) is 35.9 Å². The van der Waals surface area contributed by atoms with Crippen LogP contribution in [0.4, 0.5) is 4.79 Å². The monoisotopic (exact) mass is 339 g/mol. The molecular weight excluding hydrogens is 310 g/mol. The van der Waals surface area contributed by atoms with Crippen molar-refractivity contribution < 1.29 is 19.1 Å². The third-order valence-electron chi connectivity index (χ3n) is 4.96. The SMILES string of the molecule is CCOC(=O)N1CCC(N2CC(C(=O)NC(C)CC)CC2=O)CC1. The van der Waals surface area contributed by atoms with Gasteiger partial charge in [-0.15, -0.1) is 0 Å². The fraction of sp³-hybridized carbons (Fsp3) is 0.824. The van der Waals surface area contributed by atoms with Gasteiger partial charge in [0.25, 0.3) is 0 Å². The van der Waals surface area contributed by atoms with E-state index in [0.717, 1.165) is 19.3 Å². The lowest BCUT2D eigenvalue weighted by Crippen LogP contribution is -2.47. The van der Waals surface area contributed by atoms with Gasteiger partial charge in [-0.3, -0.25) is 9.59 Å². The van der Waals surface area contributed by atoms with E-state index in [2.05, 4.69) is 5.32 Å². The lowest BCUT2D eigenvalue weighted by atomic mass is 10.0. The van der Waals surface area contributed by atoms with Crippen LogP contribution in [-0.4, -0.2) is 66.0 Å². The third kappa shape index (κ3) is 4.39. The van der Waals surface area contributed by atoms with Crippen LogP contribution in [0, 0.1) is 5.92 Å². The van der Waals surface area contributed by atoms with Gasteiger partial charge in [0.15, 0.2) is 0 Å². The Labute approximate surface area is 143 Å². The predicted octanol–water partition coefficient (Wildman–Crippen LogP) is 1.37. The maximum absolute atomic E-state index is 12.3. The minimum absolute atomic E-state index is 0.0239. The second-order valence-corrected chi connectivity index (χ2v) is 6.68.